The molecule has 3 rings (SSSR count). The number of thioether (sulfide) groups is 1. The molecule has 0 N–H and O–H groups in total. The highest BCUT2D eigenvalue weighted by atomic mass is 32.2. The Kier molecular flexibility index (Phi) is 6.24. The Balaban J connectivity index is 1.54. The second kappa shape index (κ2) is 8.83. The van der Waals surface area contributed by atoms with Crippen LogP contribution in [0.5, 0.6) is 0 Å². The Bertz CT molecular complexity index is 636. The molecule has 24 heavy (non-hydrogen) atoms. The van der Waals surface area contributed by atoms with Crippen molar-refractivity contribution in [2.75, 3.05) is 12.3 Å². The van der Waals surface area contributed by atoms with Crippen LogP contribution < -0.4 is 0 Å². The van der Waals surface area contributed by atoms with Crippen LogP contribution in [0.15, 0.2) is 53.8 Å². The second-order valence-corrected chi connectivity index (χ2v) is 7.12. The Labute approximate surface area is 147 Å². The van der Waals surface area contributed by atoms with Crippen molar-refractivity contribution in [2.24, 2.45) is 0 Å². The van der Waals surface area contributed by atoms with Crippen LogP contribution in [0.25, 0.3) is 0 Å². The molecule has 0 bridgehead atoms. The first kappa shape index (κ1) is 17.0. The molecule has 0 saturated carbocycles. The van der Waals surface area contributed by atoms with E-state index in [9.17, 15) is 4.79 Å². The number of pyridine rings is 2. The third-order valence-electron chi connectivity index (χ3n) is 4.42. The summed E-state index contributed by atoms with van der Waals surface area (Å²) >= 11 is 1.60. The summed E-state index contributed by atoms with van der Waals surface area (Å²) in [5, 5.41) is 0. The lowest BCUT2D eigenvalue weighted by Gasteiger charge is -2.36. The summed E-state index contributed by atoms with van der Waals surface area (Å²) in [6, 6.07) is 10.3. The van der Waals surface area contributed by atoms with E-state index in [2.05, 4.69) is 20.9 Å². The number of hydrogen-bond acceptors (Lipinski definition) is 4. The number of piperidine rings is 1. The van der Waals surface area contributed by atoms with E-state index in [4.69, 9.17) is 0 Å². The third kappa shape index (κ3) is 4.81. The SMILES string of the molecule is O=C(CSc1ccncc1)N1CCCC[C@@H]1CCc1ccccn1. The van der Waals surface area contributed by atoms with Gasteiger partial charge in [-0.05, 0) is 56.4 Å². The summed E-state index contributed by atoms with van der Waals surface area (Å²) < 4.78 is 0. The number of aromatic nitrogens is 2. The normalized spacial score (nSPS) is 17.7. The van der Waals surface area contributed by atoms with Gasteiger partial charge in [-0.3, -0.25) is 14.8 Å². The maximum Gasteiger partial charge on any atom is 0.233 e. The molecule has 5 heteroatoms. The predicted octanol–water partition coefficient (Wildman–Crippen LogP) is 3.58. The zero-order valence-electron chi connectivity index (χ0n) is 13.8. The van der Waals surface area contributed by atoms with Gasteiger partial charge in [-0.1, -0.05) is 6.07 Å². The van der Waals surface area contributed by atoms with Crippen molar-refractivity contribution < 1.29 is 4.79 Å². The summed E-state index contributed by atoms with van der Waals surface area (Å²) in [4.78, 5) is 24.3. The van der Waals surface area contributed by atoms with Gasteiger partial charge in [0.1, 0.15) is 0 Å². The number of rotatable bonds is 6. The van der Waals surface area contributed by atoms with E-state index >= 15 is 0 Å². The van der Waals surface area contributed by atoms with Crippen molar-refractivity contribution in [3.8, 4) is 0 Å². The van der Waals surface area contributed by atoms with Gasteiger partial charge in [0.25, 0.3) is 0 Å². The predicted molar refractivity (Wildman–Crippen MR) is 96.9 cm³/mol. The van der Waals surface area contributed by atoms with Gasteiger partial charge in [0.15, 0.2) is 0 Å². The first-order chi connectivity index (χ1) is 11.8. The molecule has 126 valence electrons. The maximum atomic E-state index is 12.7. The van der Waals surface area contributed by atoms with Crippen molar-refractivity contribution in [1.82, 2.24) is 14.9 Å². The largest absolute Gasteiger partial charge is 0.339 e. The highest BCUT2D eigenvalue weighted by Crippen LogP contribution is 2.24. The van der Waals surface area contributed by atoms with E-state index in [0.29, 0.717) is 11.8 Å². The van der Waals surface area contributed by atoms with Crippen LogP contribution in [-0.4, -0.2) is 39.1 Å². The highest BCUT2D eigenvalue weighted by Gasteiger charge is 2.26. The molecule has 0 unspecified atom stereocenters. The van der Waals surface area contributed by atoms with E-state index in [-0.39, 0.29) is 5.91 Å². The monoisotopic (exact) mass is 341 g/mol. The Hall–Kier alpha value is -1.88. The highest BCUT2D eigenvalue weighted by molar-refractivity contribution is 8.00. The Morgan fingerprint density at radius 1 is 1.17 bits per heavy atom. The van der Waals surface area contributed by atoms with Gasteiger partial charge in [0.2, 0.25) is 5.91 Å². The van der Waals surface area contributed by atoms with E-state index in [1.165, 1.54) is 6.42 Å². The minimum atomic E-state index is 0.252. The van der Waals surface area contributed by atoms with Gasteiger partial charge in [0.05, 0.1) is 5.75 Å². The van der Waals surface area contributed by atoms with Crippen molar-refractivity contribution in [2.45, 2.75) is 43.0 Å². The van der Waals surface area contributed by atoms with Crippen LogP contribution in [0, 0.1) is 0 Å². The van der Waals surface area contributed by atoms with Crippen LogP contribution in [0.2, 0.25) is 0 Å². The van der Waals surface area contributed by atoms with Crippen molar-refractivity contribution >= 4 is 17.7 Å². The van der Waals surface area contributed by atoms with Gasteiger partial charge in [-0.2, -0.15) is 0 Å². The summed E-state index contributed by atoms with van der Waals surface area (Å²) in [7, 11) is 0. The van der Waals surface area contributed by atoms with Crippen molar-refractivity contribution in [1.29, 1.82) is 0 Å². The number of likely N-dealkylation sites (tertiary alicyclic amines) is 1. The van der Waals surface area contributed by atoms with Crippen LogP contribution in [0.1, 0.15) is 31.4 Å². The standard InChI is InChI=1S/C19H23N3OS/c23-19(15-24-18-9-12-20-13-10-18)22-14-4-2-6-17(22)8-7-16-5-1-3-11-21-16/h1,3,5,9-13,17H,2,4,6-8,14-15H2/t17-/m1/s1. The lowest BCUT2D eigenvalue weighted by atomic mass is 9.97. The molecule has 1 amide bonds. The van der Waals surface area contributed by atoms with Crippen LogP contribution in [-0.2, 0) is 11.2 Å². The molecular weight excluding hydrogens is 318 g/mol. The van der Waals surface area contributed by atoms with Gasteiger partial charge in [0, 0.05) is 41.8 Å². The molecule has 0 spiro atoms. The molecule has 4 nitrogen and oxygen atoms in total. The van der Waals surface area contributed by atoms with E-state index in [0.717, 1.165) is 42.8 Å². The number of carbonyl (C=O) groups excluding carboxylic acids is 1. The zero-order valence-corrected chi connectivity index (χ0v) is 14.6. The number of carbonyl (C=O) groups is 1. The van der Waals surface area contributed by atoms with Gasteiger partial charge < -0.3 is 4.90 Å². The summed E-state index contributed by atoms with van der Waals surface area (Å²) in [5.74, 6) is 0.756. The fraction of sp³-hybridized carbons (Fsp3) is 0.421. The topological polar surface area (TPSA) is 46.1 Å². The molecule has 1 aliphatic rings. The number of nitrogens with zero attached hydrogens (tertiary/aromatic N) is 3. The minimum Gasteiger partial charge on any atom is -0.339 e. The second-order valence-electron chi connectivity index (χ2n) is 6.07. The first-order valence-electron chi connectivity index (χ1n) is 8.55. The Morgan fingerprint density at radius 2 is 2.04 bits per heavy atom. The molecule has 1 atom stereocenters. The molecule has 1 aliphatic heterocycles. The summed E-state index contributed by atoms with van der Waals surface area (Å²) in [5.41, 5.74) is 1.11. The maximum absolute atomic E-state index is 12.7. The number of aryl methyl sites for hydroxylation is 1. The molecule has 1 saturated heterocycles. The van der Waals surface area contributed by atoms with E-state index in [1.807, 2.05) is 30.5 Å². The molecule has 0 aliphatic carbocycles. The number of hydrogen-bond donors (Lipinski definition) is 0. The van der Waals surface area contributed by atoms with Gasteiger partial charge >= 0.3 is 0 Å². The molecule has 0 aromatic carbocycles. The lowest BCUT2D eigenvalue weighted by molar-refractivity contribution is -0.132. The van der Waals surface area contributed by atoms with Crippen LogP contribution in [0.4, 0.5) is 0 Å². The third-order valence-corrected chi connectivity index (χ3v) is 5.42. The smallest absolute Gasteiger partial charge is 0.233 e. The minimum absolute atomic E-state index is 0.252. The zero-order chi connectivity index (χ0) is 16.6. The van der Waals surface area contributed by atoms with Gasteiger partial charge in [-0.25, -0.2) is 0 Å². The summed E-state index contributed by atoms with van der Waals surface area (Å²) in [6.45, 7) is 0.891. The van der Waals surface area contributed by atoms with Crippen LogP contribution in [0.3, 0.4) is 0 Å². The van der Waals surface area contributed by atoms with Crippen LogP contribution >= 0.6 is 11.8 Å². The molecule has 0 radical (unpaired) electrons. The molecule has 3 heterocycles. The van der Waals surface area contributed by atoms with E-state index in [1.54, 1.807) is 24.2 Å². The molecule has 1 fully saturated rings. The van der Waals surface area contributed by atoms with Crippen molar-refractivity contribution in [3.05, 3.63) is 54.6 Å². The quantitative estimate of drug-likeness (QED) is 0.754. The first-order valence-corrected chi connectivity index (χ1v) is 9.54. The Morgan fingerprint density at radius 3 is 2.83 bits per heavy atom. The fourth-order valence-corrected chi connectivity index (χ4v) is 3.92. The van der Waals surface area contributed by atoms with E-state index < -0.39 is 0 Å². The molecular formula is C19H23N3OS. The van der Waals surface area contributed by atoms with Gasteiger partial charge in [-0.15, -0.1) is 11.8 Å². The molecule has 2 aromatic rings. The number of amides is 1. The van der Waals surface area contributed by atoms with Crippen molar-refractivity contribution in [3.63, 3.8) is 0 Å². The lowest BCUT2D eigenvalue weighted by Crippen LogP contribution is -2.44. The average Bonchev–Trinajstić information content (AvgIpc) is 2.66. The fourth-order valence-electron chi connectivity index (χ4n) is 3.15. The summed E-state index contributed by atoms with van der Waals surface area (Å²) in [6.07, 6.45) is 10.8. The average molecular weight is 341 g/mol. The molecule has 2 aromatic heterocycles.